The highest BCUT2D eigenvalue weighted by molar-refractivity contribution is 7.10. The van der Waals surface area contributed by atoms with Crippen molar-refractivity contribution in [3.63, 3.8) is 0 Å². The molecule has 2 aromatic heterocycles. The average Bonchev–Trinajstić information content (AvgIpc) is 2.90. The zero-order valence-corrected chi connectivity index (χ0v) is 12.2. The number of nitrogens with one attached hydrogen (secondary N) is 1. The van der Waals surface area contributed by atoms with Crippen molar-refractivity contribution in [3.05, 3.63) is 28.5 Å². The number of hydrogen-bond acceptors (Lipinski definition) is 6. The first-order valence-electron chi connectivity index (χ1n) is 6.26. The standard InChI is InChI=1S/C13H19N5S/c1-4-15-11-8-12(17-13(14)16-11)18(3)9(2)10-6-5-7-19-10/h5-9H,4H2,1-3H3,(H3,14,15,16,17). The number of hydrogen-bond donors (Lipinski definition) is 2. The van der Waals surface area contributed by atoms with Crippen LogP contribution in [0.15, 0.2) is 23.6 Å². The highest BCUT2D eigenvalue weighted by Crippen LogP contribution is 2.28. The van der Waals surface area contributed by atoms with Crippen LogP contribution in [-0.4, -0.2) is 23.6 Å². The lowest BCUT2D eigenvalue weighted by molar-refractivity contribution is 0.741. The Balaban J connectivity index is 2.25. The van der Waals surface area contributed by atoms with Gasteiger partial charge in [0.2, 0.25) is 5.95 Å². The highest BCUT2D eigenvalue weighted by Gasteiger charge is 2.15. The van der Waals surface area contributed by atoms with Crippen molar-refractivity contribution >= 4 is 28.9 Å². The van der Waals surface area contributed by atoms with Crippen LogP contribution >= 0.6 is 11.3 Å². The van der Waals surface area contributed by atoms with Gasteiger partial charge in [-0.05, 0) is 25.3 Å². The molecule has 102 valence electrons. The molecule has 0 aliphatic carbocycles. The second-order valence-corrected chi connectivity index (χ2v) is 5.28. The van der Waals surface area contributed by atoms with Crippen LogP contribution in [0.3, 0.4) is 0 Å². The van der Waals surface area contributed by atoms with Gasteiger partial charge in [0.15, 0.2) is 0 Å². The van der Waals surface area contributed by atoms with Crippen LogP contribution in [0.2, 0.25) is 0 Å². The fourth-order valence-electron chi connectivity index (χ4n) is 1.82. The molecule has 2 aromatic rings. The number of nitrogen functional groups attached to an aromatic ring is 1. The van der Waals surface area contributed by atoms with Crippen molar-refractivity contribution in [1.82, 2.24) is 9.97 Å². The maximum atomic E-state index is 5.76. The zero-order chi connectivity index (χ0) is 13.8. The Kier molecular flexibility index (Phi) is 4.21. The van der Waals surface area contributed by atoms with E-state index in [4.69, 9.17) is 5.73 Å². The number of nitrogens with two attached hydrogens (primary N) is 1. The Morgan fingerprint density at radius 3 is 2.89 bits per heavy atom. The number of aromatic nitrogens is 2. The topological polar surface area (TPSA) is 67.1 Å². The number of rotatable bonds is 5. The molecule has 0 aromatic carbocycles. The predicted octanol–water partition coefficient (Wildman–Crippen LogP) is 2.75. The maximum absolute atomic E-state index is 5.76. The van der Waals surface area contributed by atoms with E-state index in [1.165, 1.54) is 4.88 Å². The van der Waals surface area contributed by atoms with E-state index in [0.29, 0.717) is 5.95 Å². The fraction of sp³-hybridized carbons (Fsp3) is 0.385. The molecular formula is C13H19N5S. The van der Waals surface area contributed by atoms with Gasteiger partial charge in [0.1, 0.15) is 11.6 Å². The quantitative estimate of drug-likeness (QED) is 0.879. The summed E-state index contributed by atoms with van der Waals surface area (Å²) >= 11 is 1.74. The molecule has 0 spiro atoms. The monoisotopic (exact) mass is 277 g/mol. The average molecular weight is 277 g/mol. The van der Waals surface area contributed by atoms with Crippen LogP contribution in [0.5, 0.6) is 0 Å². The maximum Gasteiger partial charge on any atom is 0.223 e. The first kappa shape index (κ1) is 13.6. The van der Waals surface area contributed by atoms with Crippen molar-refractivity contribution in [2.75, 3.05) is 29.5 Å². The summed E-state index contributed by atoms with van der Waals surface area (Å²) in [4.78, 5) is 11.9. The summed E-state index contributed by atoms with van der Waals surface area (Å²) in [5.74, 6) is 1.87. The largest absolute Gasteiger partial charge is 0.370 e. The molecular weight excluding hydrogens is 258 g/mol. The molecule has 5 nitrogen and oxygen atoms in total. The predicted molar refractivity (Wildman–Crippen MR) is 81.7 cm³/mol. The number of anilines is 3. The molecule has 1 atom stereocenters. The molecule has 0 aliphatic heterocycles. The van der Waals surface area contributed by atoms with Gasteiger partial charge in [0.05, 0.1) is 6.04 Å². The molecule has 2 heterocycles. The SMILES string of the molecule is CCNc1cc(N(C)C(C)c2cccs2)nc(N)n1. The Labute approximate surface area is 117 Å². The van der Waals surface area contributed by atoms with E-state index >= 15 is 0 Å². The molecule has 6 heteroatoms. The first-order chi connectivity index (χ1) is 9.11. The Hall–Kier alpha value is -1.82. The van der Waals surface area contributed by atoms with Crippen LogP contribution in [-0.2, 0) is 0 Å². The van der Waals surface area contributed by atoms with Gasteiger partial charge in [-0.2, -0.15) is 9.97 Å². The fourth-order valence-corrected chi connectivity index (χ4v) is 2.65. The van der Waals surface area contributed by atoms with E-state index in [9.17, 15) is 0 Å². The minimum atomic E-state index is 0.253. The second kappa shape index (κ2) is 5.88. The molecule has 0 radical (unpaired) electrons. The summed E-state index contributed by atoms with van der Waals surface area (Å²) < 4.78 is 0. The molecule has 3 N–H and O–H groups in total. The van der Waals surface area contributed by atoms with Gasteiger partial charge in [-0.15, -0.1) is 11.3 Å². The summed E-state index contributed by atoms with van der Waals surface area (Å²) in [6.07, 6.45) is 0. The number of thiophene rings is 1. The highest BCUT2D eigenvalue weighted by atomic mass is 32.1. The Morgan fingerprint density at radius 1 is 1.47 bits per heavy atom. The summed E-state index contributed by atoms with van der Waals surface area (Å²) in [5.41, 5.74) is 5.76. The summed E-state index contributed by atoms with van der Waals surface area (Å²) in [6.45, 7) is 4.98. The lowest BCUT2D eigenvalue weighted by Gasteiger charge is -2.25. The van der Waals surface area contributed by atoms with Crippen LogP contribution in [0.1, 0.15) is 24.8 Å². The van der Waals surface area contributed by atoms with Crippen molar-refractivity contribution < 1.29 is 0 Å². The summed E-state index contributed by atoms with van der Waals surface area (Å²) in [5, 5.41) is 5.24. The van der Waals surface area contributed by atoms with Crippen LogP contribution < -0.4 is 16.0 Å². The van der Waals surface area contributed by atoms with Crippen molar-refractivity contribution in [1.29, 1.82) is 0 Å². The molecule has 0 saturated heterocycles. The van der Waals surface area contributed by atoms with Gasteiger partial charge in [0, 0.05) is 24.5 Å². The molecule has 0 fully saturated rings. The molecule has 2 rings (SSSR count). The van der Waals surface area contributed by atoms with Gasteiger partial charge in [-0.25, -0.2) is 0 Å². The minimum Gasteiger partial charge on any atom is -0.370 e. The molecule has 19 heavy (non-hydrogen) atoms. The molecule has 0 saturated carbocycles. The van der Waals surface area contributed by atoms with Gasteiger partial charge in [-0.3, -0.25) is 0 Å². The molecule has 0 aliphatic rings. The van der Waals surface area contributed by atoms with Crippen LogP contribution in [0.25, 0.3) is 0 Å². The van der Waals surface area contributed by atoms with Crippen LogP contribution in [0, 0.1) is 0 Å². The van der Waals surface area contributed by atoms with E-state index in [1.54, 1.807) is 11.3 Å². The van der Waals surface area contributed by atoms with E-state index in [2.05, 4.69) is 44.6 Å². The van der Waals surface area contributed by atoms with E-state index < -0.39 is 0 Å². The van der Waals surface area contributed by atoms with Crippen molar-refractivity contribution in [2.45, 2.75) is 19.9 Å². The van der Waals surface area contributed by atoms with Gasteiger partial charge >= 0.3 is 0 Å². The zero-order valence-electron chi connectivity index (χ0n) is 11.4. The summed E-state index contributed by atoms with van der Waals surface area (Å²) in [6, 6.07) is 6.36. The molecule has 0 bridgehead atoms. The molecule has 0 amide bonds. The van der Waals surface area contributed by atoms with Crippen molar-refractivity contribution in [2.24, 2.45) is 0 Å². The Morgan fingerprint density at radius 2 is 2.26 bits per heavy atom. The third-order valence-electron chi connectivity index (χ3n) is 2.99. The third kappa shape index (κ3) is 3.14. The van der Waals surface area contributed by atoms with E-state index in [1.807, 2.05) is 20.0 Å². The molecule has 1 unspecified atom stereocenters. The van der Waals surface area contributed by atoms with Crippen molar-refractivity contribution in [3.8, 4) is 0 Å². The second-order valence-electron chi connectivity index (χ2n) is 4.30. The summed E-state index contributed by atoms with van der Waals surface area (Å²) in [7, 11) is 2.02. The Bertz CT molecular complexity index is 526. The van der Waals surface area contributed by atoms with E-state index in [0.717, 1.165) is 18.2 Å². The normalized spacial score (nSPS) is 12.2. The minimum absolute atomic E-state index is 0.253. The van der Waals surface area contributed by atoms with E-state index in [-0.39, 0.29) is 6.04 Å². The third-order valence-corrected chi connectivity index (χ3v) is 4.03. The van der Waals surface area contributed by atoms with Gasteiger partial charge in [-0.1, -0.05) is 6.07 Å². The van der Waals surface area contributed by atoms with Gasteiger partial charge < -0.3 is 16.0 Å². The lowest BCUT2D eigenvalue weighted by atomic mass is 10.2. The van der Waals surface area contributed by atoms with Crippen LogP contribution in [0.4, 0.5) is 17.6 Å². The van der Waals surface area contributed by atoms with Gasteiger partial charge in [0.25, 0.3) is 0 Å². The first-order valence-corrected chi connectivity index (χ1v) is 7.14. The lowest BCUT2D eigenvalue weighted by Crippen LogP contribution is -2.22. The smallest absolute Gasteiger partial charge is 0.223 e. The number of nitrogens with zero attached hydrogens (tertiary/aromatic N) is 3.